The Morgan fingerprint density at radius 3 is 2.56 bits per heavy atom. The van der Waals surface area contributed by atoms with Gasteiger partial charge in [-0.15, -0.1) is 0 Å². The lowest BCUT2D eigenvalue weighted by molar-refractivity contribution is -0.0161. The first kappa shape index (κ1) is 24.3. The zero-order chi connectivity index (χ0) is 24.1. The maximum atomic E-state index is 12.9. The highest BCUT2D eigenvalue weighted by molar-refractivity contribution is 5.68. The Morgan fingerprint density at radius 1 is 1.15 bits per heavy atom. The number of nitrogens with zero attached hydrogens (tertiary/aromatic N) is 5. The van der Waals surface area contributed by atoms with Crippen molar-refractivity contribution < 1.29 is 9.53 Å². The highest BCUT2D eigenvalue weighted by atomic mass is 16.6. The van der Waals surface area contributed by atoms with Crippen molar-refractivity contribution in [3.63, 3.8) is 0 Å². The lowest BCUT2D eigenvalue weighted by Crippen LogP contribution is -2.50. The number of aromatic nitrogens is 2. The van der Waals surface area contributed by atoms with Crippen molar-refractivity contribution in [1.29, 1.82) is 5.26 Å². The monoisotopic (exact) mass is 463 g/mol. The quantitative estimate of drug-likeness (QED) is 0.630. The zero-order valence-electron chi connectivity index (χ0n) is 20.7. The summed E-state index contributed by atoms with van der Waals surface area (Å²) >= 11 is 0. The Kier molecular flexibility index (Phi) is 7.89. The Hall–Kier alpha value is -2.85. The Balaban J connectivity index is 1.28. The van der Waals surface area contributed by atoms with Crippen LogP contribution in [0.15, 0.2) is 36.8 Å². The molecule has 1 saturated heterocycles. The summed E-state index contributed by atoms with van der Waals surface area (Å²) in [5.74, 6) is 1.63. The number of ether oxygens (including phenoxy) is 1. The molecule has 7 heteroatoms. The number of rotatable bonds is 6. The van der Waals surface area contributed by atoms with Crippen molar-refractivity contribution in [1.82, 2.24) is 19.4 Å². The first-order valence-electron chi connectivity index (χ1n) is 12.6. The summed E-state index contributed by atoms with van der Waals surface area (Å²) in [5, 5.41) is 8.99. The molecular formula is C27H37N5O2. The third-order valence-electron chi connectivity index (χ3n) is 7.46. The summed E-state index contributed by atoms with van der Waals surface area (Å²) < 4.78 is 8.20. The molecule has 4 rings (SSSR count). The van der Waals surface area contributed by atoms with Gasteiger partial charge in [0, 0.05) is 45.5 Å². The van der Waals surface area contributed by atoms with E-state index in [4.69, 9.17) is 10.00 Å². The number of piperazine rings is 1. The molecule has 2 aliphatic rings. The molecule has 1 aromatic carbocycles. The van der Waals surface area contributed by atoms with Crippen molar-refractivity contribution in [3.8, 4) is 6.07 Å². The van der Waals surface area contributed by atoms with E-state index >= 15 is 0 Å². The third kappa shape index (κ3) is 5.98. The number of hydrogen-bond acceptors (Lipinski definition) is 5. The van der Waals surface area contributed by atoms with E-state index in [1.54, 1.807) is 0 Å². The summed E-state index contributed by atoms with van der Waals surface area (Å²) in [5.41, 5.74) is 2.96. The van der Waals surface area contributed by atoms with Gasteiger partial charge in [0.05, 0.1) is 23.7 Å². The van der Waals surface area contributed by atoms with Gasteiger partial charge in [0.15, 0.2) is 0 Å². The molecule has 1 aliphatic carbocycles. The van der Waals surface area contributed by atoms with E-state index in [-0.39, 0.29) is 12.2 Å². The number of imidazole rings is 1. The van der Waals surface area contributed by atoms with E-state index in [2.05, 4.69) is 41.3 Å². The SMILES string of the molecule is CC(C)[C@@H]1CC[C@@H](C)C[C@H]1OC(=O)N1CCN(Cc2cncn2Cc2ccc(C#N)cc2)CC1. The van der Waals surface area contributed by atoms with Gasteiger partial charge in [0.2, 0.25) is 0 Å². The minimum Gasteiger partial charge on any atom is -0.446 e. The van der Waals surface area contributed by atoms with Crippen LogP contribution in [0.5, 0.6) is 0 Å². The molecule has 2 aromatic rings. The van der Waals surface area contributed by atoms with Crippen LogP contribution in [-0.2, 0) is 17.8 Å². The second kappa shape index (κ2) is 11.1. The van der Waals surface area contributed by atoms with Crippen molar-refractivity contribution >= 4 is 6.09 Å². The molecule has 0 spiro atoms. The number of carbonyl (C=O) groups excluding carboxylic acids is 1. The second-order valence-electron chi connectivity index (χ2n) is 10.3. The third-order valence-corrected chi connectivity index (χ3v) is 7.46. The number of hydrogen-bond donors (Lipinski definition) is 0. The molecular weight excluding hydrogens is 426 g/mol. The van der Waals surface area contributed by atoms with E-state index in [0.717, 1.165) is 50.3 Å². The van der Waals surface area contributed by atoms with Gasteiger partial charge in [0.25, 0.3) is 0 Å². The molecule has 1 aliphatic heterocycles. The standard InChI is InChI=1S/C27H37N5O2/c1-20(2)25-9-4-21(3)14-26(25)34-27(33)31-12-10-30(11-13-31)18-24-16-29-19-32(24)17-23-7-5-22(15-28)6-8-23/h5-8,16,19-21,25-26H,4,9-14,17-18H2,1-3H3/t21-,25+,26-/m1/s1. The van der Waals surface area contributed by atoms with Crippen LogP contribution < -0.4 is 0 Å². The summed E-state index contributed by atoms with van der Waals surface area (Å²) in [6.45, 7) is 11.3. The Bertz CT molecular complexity index is 985. The molecule has 1 aromatic heterocycles. The van der Waals surface area contributed by atoms with Crippen LogP contribution in [0.3, 0.4) is 0 Å². The maximum Gasteiger partial charge on any atom is 0.410 e. The molecule has 7 nitrogen and oxygen atoms in total. The predicted octanol–water partition coefficient (Wildman–Crippen LogP) is 4.52. The molecule has 2 heterocycles. The van der Waals surface area contributed by atoms with Crippen molar-refractivity contribution in [2.75, 3.05) is 26.2 Å². The van der Waals surface area contributed by atoms with Gasteiger partial charge in [-0.1, -0.05) is 39.3 Å². The minimum atomic E-state index is -0.143. The van der Waals surface area contributed by atoms with Gasteiger partial charge >= 0.3 is 6.09 Å². The fourth-order valence-corrected chi connectivity index (χ4v) is 5.28. The predicted molar refractivity (Wildman–Crippen MR) is 131 cm³/mol. The number of amides is 1. The molecule has 182 valence electrons. The normalized spacial score (nSPS) is 23.6. The first-order chi connectivity index (χ1) is 16.4. The van der Waals surface area contributed by atoms with Gasteiger partial charge in [-0.3, -0.25) is 4.90 Å². The Morgan fingerprint density at radius 2 is 1.88 bits per heavy atom. The second-order valence-corrected chi connectivity index (χ2v) is 10.3. The lowest BCUT2D eigenvalue weighted by atomic mass is 9.75. The van der Waals surface area contributed by atoms with E-state index in [9.17, 15) is 4.79 Å². The van der Waals surface area contributed by atoms with E-state index in [1.807, 2.05) is 41.7 Å². The number of benzene rings is 1. The summed E-state index contributed by atoms with van der Waals surface area (Å²) in [6.07, 6.45) is 7.05. The summed E-state index contributed by atoms with van der Waals surface area (Å²) in [6, 6.07) is 9.84. The molecule has 2 fully saturated rings. The Labute approximate surface area is 203 Å². The molecule has 34 heavy (non-hydrogen) atoms. The first-order valence-corrected chi connectivity index (χ1v) is 12.6. The van der Waals surface area contributed by atoms with Crippen molar-refractivity contribution in [2.24, 2.45) is 17.8 Å². The topological polar surface area (TPSA) is 74.4 Å². The van der Waals surface area contributed by atoms with Gasteiger partial charge in [-0.2, -0.15) is 5.26 Å². The molecule has 1 saturated carbocycles. The fourth-order valence-electron chi connectivity index (χ4n) is 5.28. The average Bonchev–Trinajstić information content (AvgIpc) is 3.26. The van der Waals surface area contributed by atoms with Crippen molar-refractivity contribution in [2.45, 2.75) is 59.2 Å². The summed E-state index contributed by atoms with van der Waals surface area (Å²) in [4.78, 5) is 21.5. The summed E-state index contributed by atoms with van der Waals surface area (Å²) in [7, 11) is 0. The van der Waals surface area contributed by atoms with Gasteiger partial charge in [-0.05, 0) is 48.3 Å². The lowest BCUT2D eigenvalue weighted by Gasteiger charge is -2.39. The van der Waals surface area contributed by atoms with E-state index in [0.29, 0.717) is 36.4 Å². The fraction of sp³-hybridized carbons (Fsp3) is 0.593. The smallest absolute Gasteiger partial charge is 0.410 e. The largest absolute Gasteiger partial charge is 0.446 e. The average molecular weight is 464 g/mol. The highest BCUT2D eigenvalue weighted by Gasteiger charge is 2.35. The molecule has 3 atom stereocenters. The zero-order valence-corrected chi connectivity index (χ0v) is 20.7. The molecule has 1 amide bonds. The van der Waals surface area contributed by atoms with Crippen LogP contribution in [0.2, 0.25) is 0 Å². The van der Waals surface area contributed by atoms with Gasteiger partial charge in [-0.25, -0.2) is 9.78 Å². The molecule has 0 bridgehead atoms. The van der Waals surface area contributed by atoms with Crippen LogP contribution in [0.4, 0.5) is 4.79 Å². The minimum absolute atomic E-state index is 0.0471. The van der Waals surface area contributed by atoms with Crippen LogP contribution in [-0.4, -0.2) is 57.7 Å². The van der Waals surface area contributed by atoms with Gasteiger partial charge < -0.3 is 14.2 Å². The molecule has 0 unspecified atom stereocenters. The van der Waals surface area contributed by atoms with Crippen molar-refractivity contribution in [3.05, 3.63) is 53.6 Å². The maximum absolute atomic E-state index is 12.9. The molecule has 0 N–H and O–H groups in total. The highest BCUT2D eigenvalue weighted by Crippen LogP contribution is 2.35. The van der Waals surface area contributed by atoms with Crippen LogP contribution >= 0.6 is 0 Å². The van der Waals surface area contributed by atoms with E-state index in [1.165, 1.54) is 6.42 Å². The molecule has 0 radical (unpaired) electrons. The number of carbonyl (C=O) groups is 1. The van der Waals surface area contributed by atoms with Crippen LogP contribution in [0.1, 0.15) is 56.9 Å². The van der Waals surface area contributed by atoms with Gasteiger partial charge in [0.1, 0.15) is 6.10 Å². The number of nitriles is 1. The van der Waals surface area contributed by atoms with Crippen LogP contribution in [0.25, 0.3) is 0 Å². The van der Waals surface area contributed by atoms with Crippen LogP contribution in [0, 0.1) is 29.1 Å². The van der Waals surface area contributed by atoms with E-state index < -0.39 is 0 Å².